The molecule has 1 unspecified atom stereocenters. The number of ketones is 1. The zero-order valence-corrected chi connectivity index (χ0v) is 13.3. The summed E-state index contributed by atoms with van der Waals surface area (Å²) in [6, 6.07) is 0. The number of rotatable bonds is 8. The maximum Gasteiger partial charge on any atom is 0.316 e. The van der Waals surface area contributed by atoms with E-state index >= 15 is 0 Å². The van der Waals surface area contributed by atoms with E-state index in [-0.39, 0.29) is 17.7 Å². The Hall–Kier alpha value is -0.860. The Labute approximate surface area is 123 Å². The Morgan fingerprint density at radius 1 is 1.05 bits per heavy atom. The van der Waals surface area contributed by atoms with Gasteiger partial charge in [0.05, 0.1) is 6.61 Å². The van der Waals surface area contributed by atoms with Gasteiger partial charge in [0.15, 0.2) is 0 Å². The molecule has 0 saturated heterocycles. The number of hydrogen-bond donors (Lipinski definition) is 0. The lowest BCUT2D eigenvalue weighted by molar-refractivity contribution is -0.153. The molecule has 1 aliphatic rings. The number of carbonyl (C=O) groups is 2. The summed E-state index contributed by atoms with van der Waals surface area (Å²) < 4.78 is 5.07. The summed E-state index contributed by atoms with van der Waals surface area (Å²) in [7, 11) is 0. The molecular formula is C17H30O3. The summed E-state index contributed by atoms with van der Waals surface area (Å²) in [5.74, 6) is 0.184. The van der Waals surface area contributed by atoms with Gasteiger partial charge in [0.25, 0.3) is 0 Å². The van der Waals surface area contributed by atoms with Crippen molar-refractivity contribution < 1.29 is 14.3 Å². The van der Waals surface area contributed by atoms with Gasteiger partial charge in [-0.15, -0.1) is 0 Å². The smallest absolute Gasteiger partial charge is 0.316 e. The lowest BCUT2D eigenvalue weighted by atomic mass is 9.75. The minimum atomic E-state index is -0.521. The number of hydrogen-bond acceptors (Lipinski definition) is 3. The molecule has 0 aliphatic heterocycles. The fourth-order valence-corrected chi connectivity index (χ4v) is 3.34. The van der Waals surface area contributed by atoms with Gasteiger partial charge in [-0.3, -0.25) is 9.59 Å². The van der Waals surface area contributed by atoms with Crippen molar-refractivity contribution in [2.24, 2.45) is 17.8 Å². The molecule has 1 rings (SSSR count). The Morgan fingerprint density at radius 3 is 2.20 bits per heavy atom. The van der Waals surface area contributed by atoms with Crippen molar-refractivity contribution in [2.75, 3.05) is 6.61 Å². The molecule has 3 nitrogen and oxygen atoms in total. The molecule has 1 aliphatic carbocycles. The number of carbonyl (C=O) groups excluding carboxylic acids is 2. The van der Waals surface area contributed by atoms with E-state index in [9.17, 15) is 9.59 Å². The van der Waals surface area contributed by atoms with Crippen LogP contribution in [0.1, 0.15) is 72.1 Å². The van der Waals surface area contributed by atoms with Gasteiger partial charge >= 0.3 is 5.97 Å². The molecule has 1 fully saturated rings. The molecule has 0 amide bonds. The van der Waals surface area contributed by atoms with E-state index in [1.54, 1.807) is 6.92 Å². The van der Waals surface area contributed by atoms with Gasteiger partial charge in [0.1, 0.15) is 11.7 Å². The lowest BCUT2D eigenvalue weighted by Gasteiger charge is -2.29. The van der Waals surface area contributed by atoms with Crippen LogP contribution in [0.4, 0.5) is 0 Å². The highest BCUT2D eigenvalue weighted by molar-refractivity contribution is 6.00. The van der Waals surface area contributed by atoms with Crippen LogP contribution in [0.3, 0.4) is 0 Å². The third-order valence-electron chi connectivity index (χ3n) is 4.44. The van der Waals surface area contributed by atoms with Crippen LogP contribution in [-0.2, 0) is 14.3 Å². The quantitative estimate of drug-likeness (QED) is 0.496. The van der Waals surface area contributed by atoms with E-state index in [0.717, 1.165) is 38.0 Å². The average Bonchev–Trinajstić information content (AvgIpc) is 2.45. The largest absolute Gasteiger partial charge is 0.465 e. The van der Waals surface area contributed by atoms with Crippen LogP contribution in [0.15, 0.2) is 0 Å². The fourth-order valence-electron chi connectivity index (χ4n) is 3.34. The zero-order valence-electron chi connectivity index (χ0n) is 13.3. The number of esters is 1. The van der Waals surface area contributed by atoms with Gasteiger partial charge in [-0.25, -0.2) is 0 Å². The third kappa shape index (κ3) is 4.92. The second-order valence-electron chi connectivity index (χ2n) is 6.00. The van der Waals surface area contributed by atoms with Gasteiger partial charge < -0.3 is 4.74 Å². The molecule has 0 aromatic heterocycles. The van der Waals surface area contributed by atoms with E-state index in [1.807, 2.05) is 6.92 Å². The molecule has 1 saturated carbocycles. The molecule has 0 spiro atoms. The summed E-state index contributed by atoms with van der Waals surface area (Å²) in [5.41, 5.74) is 0. The van der Waals surface area contributed by atoms with Crippen molar-refractivity contribution >= 4 is 11.8 Å². The van der Waals surface area contributed by atoms with Crippen LogP contribution < -0.4 is 0 Å². The normalized spacial score (nSPS) is 24.1. The van der Waals surface area contributed by atoms with Crippen molar-refractivity contribution in [2.45, 2.75) is 72.1 Å². The molecule has 0 aromatic carbocycles. The predicted octanol–water partition coefficient (Wildman–Crippen LogP) is 4.14. The van der Waals surface area contributed by atoms with Crippen LogP contribution in [0, 0.1) is 17.8 Å². The molecule has 0 heterocycles. The summed E-state index contributed by atoms with van der Waals surface area (Å²) in [6.45, 7) is 6.38. The Kier molecular flexibility index (Phi) is 7.86. The second-order valence-corrected chi connectivity index (χ2v) is 6.00. The first-order chi connectivity index (χ1) is 9.63. The predicted molar refractivity (Wildman–Crippen MR) is 80.4 cm³/mol. The van der Waals surface area contributed by atoms with E-state index in [0.29, 0.717) is 13.0 Å². The van der Waals surface area contributed by atoms with Crippen LogP contribution in [0.25, 0.3) is 0 Å². The monoisotopic (exact) mass is 282 g/mol. The molecule has 0 radical (unpaired) electrons. The Bertz CT molecular complexity index is 303. The maximum atomic E-state index is 12.6. The van der Waals surface area contributed by atoms with Crippen LogP contribution in [-0.4, -0.2) is 18.4 Å². The summed E-state index contributed by atoms with van der Waals surface area (Å²) in [6.07, 6.45) is 8.19. The first-order valence-corrected chi connectivity index (χ1v) is 8.34. The minimum absolute atomic E-state index is 0.0871. The first-order valence-electron chi connectivity index (χ1n) is 8.34. The number of ether oxygens (including phenoxy) is 1. The van der Waals surface area contributed by atoms with Crippen molar-refractivity contribution in [3.63, 3.8) is 0 Å². The first kappa shape index (κ1) is 17.2. The zero-order chi connectivity index (χ0) is 15.0. The molecule has 3 heteroatoms. The SMILES string of the molecule is CCCC1CCC(C(=O)C(CCC)C(=O)OCC)CC1. The molecule has 0 N–H and O–H groups in total. The highest BCUT2D eigenvalue weighted by atomic mass is 16.5. The Balaban J connectivity index is 2.55. The molecular weight excluding hydrogens is 252 g/mol. The highest BCUT2D eigenvalue weighted by Gasteiger charge is 2.34. The molecule has 116 valence electrons. The van der Waals surface area contributed by atoms with Crippen LogP contribution in [0.5, 0.6) is 0 Å². The highest BCUT2D eigenvalue weighted by Crippen LogP contribution is 2.34. The van der Waals surface area contributed by atoms with E-state index in [4.69, 9.17) is 4.74 Å². The van der Waals surface area contributed by atoms with Crippen LogP contribution in [0.2, 0.25) is 0 Å². The van der Waals surface area contributed by atoms with E-state index < -0.39 is 5.92 Å². The van der Waals surface area contributed by atoms with Crippen LogP contribution >= 0.6 is 0 Å². The van der Waals surface area contributed by atoms with Gasteiger partial charge in [0.2, 0.25) is 0 Å². The fraction of sp³-hybridized carbons (Fsp3) is 0.882. The Morgan fingerprint density at radius 2 is 1.70 bits per heavy atom. The van der Waals surface area contributed by atoms with Gasteiger partial charge in [0, 0.05) is 5.92 Å². The topological polar surface area (TPSA) is 43.4 Å². The minimum Gasteiger partial charge on any atom is -0.465 e. The van der Waals surface area contributed by atoms with Crippen molar-refractivity contribution in [3.05, 3.63) is 0 Å². The van der Waals surface area contributed by atoms with Gasteiger partial charge in [-0.1, -0.05) is 33.1 Å². The summed E-state index contributed by atoms with van der Waals surface area (Å²) in [5, 5.41) is 0. The van der Waals surface area contributed by atoms with Crippen molar-refractivity contribution in [3.8, 4) is 0 Å². The van der Waals surface area contributed by atoms with Gasteiger partial charge in [-0.05, 0) is 44.9 Å². The average molecular weight is 282 g/mol. The van der Waals surface area contributed by atoms with Crippen molar-refractivity contribution in [1.29, 1.82) is 0 Å². The molecule has 1 atom stereocenters. The molecule has 0 aromatic rings. The van der Waals surface area contributed by atoms with E-state index in [1.165, 1.54) is 12.8 Å². The van der Waals surface area contributed by atoms with E-state index in [2.05, 4.69) is 6.92 Å². The summed E-state index contributed by atoms with van der Waals surface area (Å²) in [4.78, 5) is 24.5. The molecule has 0 bridgehead atoms. The summed E-state index contributed by atoms with van der Waals surface area (Å²) >= 11 is 0. The molecule has 20 heavy (non-hydrogen) atoms. The standard InChI is InChI=1S/C17H30O3/c1-4-7-13-9-11-14(12-10-13)16(18)15(8-5-2)17(19)20-6-3/h13-15H,4-12H2,1-3H3. The second kappa shape index (κ2) is 9.15. The maximum absolute atomic E-state index is 12.6. The van der Waals surface area contributed by atoms with Crippen molar-refractivity contribution in [1.82, 2.24) is 0 Å². The number of Topliss-reactive ketones (excluding diaryl/α,β-unsaturated/α-hetero) is 1. The third-order valence-corrected chi connectivity index (χ3v) is 4.44. The lowest BCUT2D eigenvalue weighted by Crippen LogP contribution is -2.33. The van der Waals surface area contributed by atoms with Gasteiger partial charge in [-0.2, -0.15) is 0 Å².